The van der Waals surface area contributed by atoms with Crippen LogP contribution in [0.3, 0.4) is 0 Å². The molecule has 2 nitrogen and oxygen atoms in total. The van der Waals surface area contributed by atoms with Crippen molar-refractivity contribution in [2.45, 2.75) is 18.6 Å². The van der Waals surface area contributed by atoms with Gasteiger partial charge in [0.15, 0.2) is 0 Å². The van der Waals surface area contributed by atoms with Crippen molar-refractivity contribution in [2.24, 2.45) is 0 Å². The van der Waals surface area contributed by atoms with Crippen molar-refractivity contribution in [1.29, 1.82) is 0 Å². The SMILES string of the molecule is OC(CC(Nc1ccc(Cl)cc1)c1ccc(Br)cc1)c1ccc(Br)cc1. The molecule has 0 aliphatic heterocycles. The summed E-state index contributed by atoms with van der Waals surface area (Å²) in [6.45, 7) is 0. The van der Waals surface area contributed by atoms with E-state index in [-0.39, 0.29) is 6.04 Å². The van der Waals surface area contributed by atoms with E-state index in [0.717, 1.165) is 25.8 Å². The highest BCUT2D eigenvalue weighted by atomic mass is 79.9. The molecule has 0 aliphatic rings. The van der Waals surface area contributed by atoms with Crippen molar-refractivity contribution in [3.63, 3.8) is 0 Å². The number of hydrogen-bond donors (Lipinski definition) is 2. The Morgan fingerprint density at radius 3 is 1.81 bits per heavy atom. The summed E-state index contributed by atoms with van der Waals surface area (Å²) >= 11 is 12.9. The van der Waals surface area contributed by atoms with Crippen LogP contribution in [-0.2, 0) is 0 Å². The zero-order valence-corrected chi connectivity index (χ0v) is 17.8. The van der Waals surface area contributed by atoms with Gasteiger partial charge in [0.05, 0.1) is 12.1 Å². The molecule has 0 spiro atoms. The van der Waals surface area contributed by atoms with E-state index in [1.165, 1.54) is 0 Å². The monoisotopic (exact) mass is 493 g/mol. The van der Waals surface area contributed by atoms with Crippen LogP contribution in [0.1, 0.15) is 29.7 Å². The highest BCUT2D eigenvalue weighted by Gasteiger charge is 2.18. The standard InChI is InChI=1S/C21H18Br2ClNO/c22-16-5-1-14(2-6-16)20(25-19-11-9-18(24)10-12-19)13-21(26)15-3-7-17(23)8-4-15/h1-12,20-21,25-26H,13H2. The van der Waals surface area contributed by atoms with Gasteiger partial charge in [-0.1, -0.05) is 67.7 Å². The van der Waals surface area contributed by atoms with Crippen molar-refractivity contribution in [3.8, 4) is 0 Å². The smallest absolute Gasteiger partial charge is 0.0813 e. The number of nitrogens with one attached hydrogen (secondary N) is 1. The van der Waals surface area contributed by atoms with Gasteiger partial charge in [0, 0.05) is 26.1 Å². The van der Waals surface area contributed by atoms with Crippen LogP contribution in [0.5, 0.6) is 0 Å². The van der Waals surface area contributed by atoms with E-state index in [1.54, 1.807) is 0 Å². The van der Waals surface area contributed by atoms with Crippen LogP contribution in [0.2, 0.25) is 5.02 Å². The number of rotatable bonds is 6. The number of hydrogen-bond acceptors (Lipinski definition) is 2. The number of halogens is 3. The van der Waals surface area contributed by atoms with Crippen molar-refractivity contribution in [2.75, 3.05) is 5.32 Å². The second-order valence-corrected chi connectivity index (χ2v) is 8.33. The first-order chi connectivity index (χ1) is 12.5. The lowest BCUT2D eigenvalue weighted by Crippen LogP contribution is -2.15. The highest BCUT2D eigenvalue weighted by molar-refractivity contribution is 9.10. The van der Waals surface area contributed by atoms with Crippen LogP contribution in [0.25, 0.3) is 0 Å². The van der Waals surface area contributed by atoms with E-state index in [0.29, 0.717) is 11.4 Å². The van der Waals surface area contributed by atoms with Gasteiger partial charge in [-0.05, 0) is 59.7 Å². The highest BCUT2D eigenvalue weighted by Crippen LogP contribution is 2.31. The van der Waals surface area contributed by atoms with E-state index in [2.05, 4.69) is 49.3 Å². The van der Waals surface area contributed by atoms with Crippen molar-refractivity contribution in [3.05, 3.63) is 97.9 Å². The Hall–Kier alpha value is -1.33. The third kappa shape index (κ3) is 5.34. The van der Waals surface area contributed by atoms with Crippen LogP contribution in [-0.4, -0.2) is 5.11 Å². The molecule has 3 aromatic rings. The zero-order chi connectivity index (χ0) is 18.5. The molecule has 0 fully saturated rings. The maximum atomic E-state index is 10.7. The van der Waals surface area contributed by atoms with Crippen molar-refractivity contribution in [1.82, 2.24) is 0 Å². The van der Waals surface area contributed by atoms with Gasteiger partial charge in [0.1, 0.15) is 0 Å². The molecule has 3 aromatic carbocycles. The average molecular weight is 496 g/mol. The Balaban J connectivity index is 1.83. The first-order valence-corrected chi connectivity index (χ1v) is 10.2. The minimum atomic E-state index is -0.573. The zero-order valence-electron chi connectivity index (χ0n) is 13.9. The minimum Gasteiger partial charge on any atom is -0.388 e. The largest absolute Gasteiger partial charge is 0.388 e. The molecule has 0 bridgehead atoms. The molecule has 2 N–H and O–H groups in total. The molecule has 0 saturated carbocycles. The van der Waals surface area contributed by atoms with Crippen molar-refractivity contribution < 1.29 is 5.11 Å². The maximum absolute atomic E-state index is 10.7. The second kappa shape index (κ2) is 9.05. The molecule has 5 heteroatoms. The predicted molar refractivity (Wildman–Crippen MR) is 116 cm³/mol. The fourth-order valence-corrected chi connectivity index (χ4v) is 3.42. The minimum absolute atomic E-state index is 0.0390. The molecular formula is C21H18Br2ClNO. The van der Waals surface area contributed by atoms with E-state index >= 15 is 0 Å². The van der Waals surface area contributed by atoms with E-state index in [1.807, 2.05) is 60.7 Å². The molecule has 0 aromatic heterocycles. The quantitative estimate of drug-likeness (QED) is 0.381. The molecular weight excluding hydrogens is 477 g/mol. The normalized spacial score (nSPS) is 13.2. The molecule has 2 unspecified atom stereocenters. The number of aliphatic hydroxyl groups excluding tert-OH is 1. The van der Waals surface area contributed by atoms with Crippen LogP contribution >= 0.6 is 43.5 Å². The first kappa shape index (κ1) is 19.4. The van der Waals surface area contributed by atoms with Gasteiger partial charge >= 0.3 is 0 Å². The van der Waals surface area contributed by atoms with Crippen LogP contribution < -0.4 is 5.32 Å². The molecule has 26 heavy (non-hydrogen) atoms. The molecule has 0 radical (unpaired) electrons. The lowest BCUT2D eigenvalue weighted by Gasteiger charge is -2.24. The Bertz CT molecular complexity index is 835. The molecule has 134 valence electrons. The maximum Gasteiger partial charge on any atom is 0.0813 e. The molecule has 0 aliphatic carbocycles. The van der Waals surface area contributed by atoms with Gasteiger partial charge < -0.3 is 10.4 Å². The van der Waals surface area contributed by atoms with Gasteiger partial charge in [-0.2, -0.15) is 0 Å². The average Bonchev–Trinajstić information content (AvgIpc) is 2.64. The summed E-state index contributed by atoms with van der Waals surface area (Å²) < 4.78 is 2.03. The third-order valence-corrected chi connectivity index (χ3v) is 5.48. The van der Waals surface area contributed by atoms with Crippen LogP contribution in [0.4, 0.5) is 5.69 Å². The Kier molecular flexibility index (Phi) is 6.76. The molecule has 0 amide bonds. The third-order valence-electron chi connectivity index (χ3n) is 4.17. The Labute approximate surface area is 175 Å². The predicted octanol–water partition coefficient (Wildman–Crippen LogP) is 7.14. The summed E-state index contributed by atoms with van der Waals surface area (Å²) in [5.74, 6) is 0. The molecule has 3 rings (SSSR count). The first-order valence-electron chi connectivity index (χ1n) is 8.22. The lowest BCUT2D eigenvalue weighted by atomic mass is 9.96. The summed E-state index contributed by atoms with van der Waals surface area (Å²) in [5.41, 5.74) is 2.97. The van der Waals surface area contributed by atoms with Gasteiger partial charge in [0.2, 0.25) is 0 Å². The van der Waals surface area contributed by atoms with Gasteiger partial charge in [0.25, 0.3) is 0 Å². The van der Waals surface area contributed by atoms with Gasteiger partial charge in [-0.25, -0.2) is 0 Å². The topological polar surface area (TPSA) is 32.3 Å². The lowest BCUT2D eigenvalue weighted by molar-refractivity contribution is 0.160. The molecule has 0 heterocycles. The summed E-state index contributed by atoms with van der Waals surface area (Å²) in [6, 6.07) is 23.5. The van der Waals surface area contributed by atoms with E-state index in [9.17, 15) is 5.11 Å². The summed E-state index contributed by atoms with van der Waals surface area (Å²) in [6.07, 6.45) is -0.0251. The number of benzene rings is 3. The summed E-state index contributed by atoms with van der Waals surface area (Å²) in [7, 11) is 0. The van der Waals surface area contributed by atoms with E-state index in [4.69, 9.17) is 11.6 Å². The Morgan fingerprint density at radius 2 is 1.27 bits per heavy atom. The molecule has 2 atom stereocenters. The number of aliphatic hydroxyl groups is 1. The summed E-state index contributed by atoms with van der Waals surface area (Å²) in [5, 5.41) is 14.9. The second-order valence-electron chi connectivity index (χ2n) is 6.06. The van der Waals surface area contributed by atoms with Crippen LogP contribution in [0, 0.1) is 0 Å². The van der Waals surface area contributed by atoms with Gasteiger partial charge in [-0.15, -0.1) is 0 Å². The van der Waals surface area contributed by atoms with E-state index < -0.39 is 6.10 Å². The fourth-order valence-electron chi connectivity index (χ4n) is 2.77. The summed E-state index contributed by atoms with van der Waals surface area (Å²) in [4.78, 5) is 0. The fraction of sp³-hybridized carbons (Fsp3) is 0.143. The Morgan fingerprint density at radius 1 is 0.769 bits per heavy atom. The molecule has 0 saturated heterocycles. The van der Waals surface area contributed by atoms with Crippen LogP contribution in [0.15, 0.2) is 81.7 Å². The number of anilines is 1. The van der Waals surface area contributed by atoms with Gasteiger partial charge in [-0.3, -0.25) is 0 Å². The van der Waals surface area contributed by atoms with Crippen molar-refractivity contribution >= 4 is 49.1 Å².